The monoisotopic (exact) mass is 402 g/mol. The summed E-state index contributed by atoms with van der Waals surface area (Å²) < 4.78 is 5.14. The largest absolute Gasteiger partial charge is 0.370 e. The van der Waals surface area contributed by atoms with E-state index in [0.29, 0.717) is 43.8 Å². The van der Waals surface area contributed by atoms with Crippen LogP contribution >= 0.6 is 0 Å². The molecule has 3 rings (SSSR count). The molecule has 1 saturated heterocycles. The van der Waals surface area contributed by atoms with Gasteiger partial charge in [0.1, 0.15) is 6.61 Å². The lowest BCUT2D eigenvalue weighted by atomic mass is 10.1. The van der Waals surface area contributed by atoms with Crippen molar-refractivity contribution in [2.75, 3.05) is 43.1 Å². The summed E-state index contributed by atoms with van der Waals surface area (Å²) in [6.45, 7) is 6.53. The Labute approximate surface area is 171 Å². The van der Waals surface area contributed by atoms with Gasteiger partial charge in [-0.2, -0.15) is 0 Å². The van der Waals surface area contributed by atoms with Gasteiger partial charge in [-0.25, -0.2) is 0 Å². The Kier molecular flexibility index (Phi) is 6.87. The Morgan fingerprint density at radius 2 is 1.97 bits per heavy atom. The number of ether oxygens (including phenoxy) is 1. The Hall–Kier alpha value is -2.45. The number of primary amides is 1. The smallest absolute Gasteiger partial charge is 0.253 e. The van der Waals surface area contributed by atoms with Gasteiger partial charge in [0.15, 0.2) is 6.04 Å². The van der Waals surface area contributed by atoms with Gasteiger partial charge < -0.3 is 20.7 Å². The van der Waals surface area contributed by atoms with Crippen molar-refractivity contribution in [3.05, 3.63) is 24.3 Å². The number of carbonyl (C=O) groups is 3. The van der Waals surface area contributed by atoms with Gasteiger partial charge in [-0.1, -0.05) is 13.8 Å². The molecule has 3 N–H and O–H groups in total. The van der Waals surface area contributed by atoms with E-state index in [9.17, 15) is 14.4 Å². The van der Waals surface area contributed by atoms with Gasteiger partial charge >= 0.3 is 0 Å². The van der Waals surface area contributed by atoms with Crippen molar-refractivity contribution < 1.29 is 19.1 Å². The first-order chi connectivity index (χ1) is 13.8. The van der Waals surface area contributed by atoms with E-state index < -0.39 is 17.9 Å². The maximum Gasteiger partial charge on any atom is 0.253 e. The lowest BCUT2D eigenvalue weighted by Crippen LogP contribution is -2.53. The van der Waals surface area contributed by atoms with Crippen LogP contribution in [0.4, 0.5) is 11.4 Å². The number of anilines is 2. The standard InChI is InChI=1S/C21H30N4O4/c1-14(2)11-24(12-15-3-4-15)19(20(22)27)21(28)23-16-5-7-17(8-6-16)25-9-10-29-13-18(25)26/h5-8,14-15,19H,3-4,9-13H2,1-2H3,(H2,22,27)(H,23,28)/t19-/m1/s1. The van der Waals surface area contributed by atoms with E-state index in [2.05, 4.69) is 19.2 Å². The molecule has 1 aliphatic carbocycles. The van der Waals surface area contributed by atoms with Crippen LogP contribution in [0.25, 0.3) is 0 Å². The number of hydrogen-bond acceptors (Lipinski definition) is 5. The Balaban J connectivity index is 1.68. The molecule has 1 heterocycles. The van der Waals surface area contributed by atoms with Crippen molar-refractivity contribution in [3.63, 3.8) is 0 Å². The summed E-state index contributed by atoms with van der Waals surface area (Å²) in [5.41, 5.74) is 6.91. The molecule has 0 bridgehead atoms. The van der Waals surface area contributed by atoms with E-state index in [0.717, 1.165) is 18.5 Å². The molecule has 0 unspecified atom stereocenters. The van der Waals surface area contributed by atoms with Gasteiger partial charge in [0.2, 0.25) is 5.91 Å². The summed E-state index contributed by atoms with van der Waals surface area (Å²) in [5, 5.41) is 2.80. The van der Waals surface area contributed by atoms with Crippen LogP contribution in [-0.4, -0.2) is 61.5 Å². The van der Waals surface area contributed by atoms with Crippen LogP contribution in [0.2, 0.25) is 0 Å². The van der Waals surface area contributed by atoms with Gasteiger partial charge in [0.25, 0.3) is 11.8 Å². The number of nitrogens with zero attached hydrogens (tertiary/aromatic N) is 2. The summed E-state index contributed by atoms with van der Waals surface area (Å²) in [5.74, 6) is -0.304. The van der Waals surface area contributed by atoms with Gasteiger partial charge in [0.05, 0.1) is 6.61 Å². The fraction of sp³-hybridized carbons (Fsp3) is 0.571. The maximum absolute atomic E-state index is 12.9. The Morgan fingerprint density at radius 1 is 1.28 bits per heavy atom. The average Bonchev–Trinajstić information content (AvgIpc) is 3.46. The molecule has 1 aliphatic heterocycles. The topological polar surface area (TPSA) is 105 Å². The van der Waals surface area contributed by atoms with Gasteiger partial charge in [-0.3, -0.25) is 19.3 Å². The minimum Gasteiger partial charge on any atom is -0.370 e. The van der Waals surface area contributed by atoms with Crippen molar-refractivity contribution in [1.82, 2.24) is 4.90 Å². The third-order valence-electron chi connectivity index (χ3n) is 5.10. The molecule has 1 saturated carbocycles. The number of amides is 3. The van der Waals surface area contributed by atoms with E-state index in [1.54, 1.807) is 29.2 Å². The van der Waals surface area contributed by atoms with E-state index in [-0.39, 0.29) is 12.5 Å². The maximum atomic E-state index is 12.9. The summed E-state index contributed by atoms with van der Waals surface area (Å²) >= 11 is 0. The van der Waals surface area contributed by atoms with Gasteiger partial charge in [0, 0.05) is 31.0 Å². The van der Waals surface area contributed by atoms with Crippen molar-refractivity contribution in [2.45, 2.75) is 32.7 Å². The van der Waals surface area contributed by atoms with Crippen LogP contribution in [0.1, 0.15) is 26.7 Å². The summed E-state index contributed by atoms with van der Waals surface area (Å²) in [6, 6.07) is 5.99. The fourth-order valence-electron chi connectivity index (χ4n) is 3.59. The molecule has 3 amide bonds. The lowest BCUT2D eigenvalue weighted by Gasteiger charge is -2.30. The molecular formula is C21H30N4O4. The molecule has 8 nitrogen and oxygen atoms in total. The predicted octanol–water partition coefficient (Wildman–Crippen LogP) is 1.21. The Bertz CT molecular complexity index is 742. The number of rotatable bonds is 9. The number of carbonyl (C=O) groups excluding carboxylic acids is 3. The zero-order valence-electron chi connectivity index (χ0n) is 17.1. The zero-order chi connectivity index (χ0) is 21.0. The molecule has 2 fully saturated rings. The third kappa shape index (κ3) is 5.77. The summed E-state index contributed by atoms with van der Waals surface area (Å²) in [4.78, 5) is 40.5. The number of benzene rings is 1. The molecular weight excluding hydrogens is 372 g/mol. The Morgan fingerprint density at radius 3 is 2.52 bits per heavy atom. The van der Waals surface area contributed by atoms with Gasteiger partial charge in [-0.05, 0) is 48.9 Å². The SMILES string of the molecule is CC(C)CN(CC1CC1)[C@H](C(N)=O)C(=O)Nc1ccc(N2CCOCC2=O)cc1. The predicted molar refractivity (Wildman–Crippen MR) is 110 cm³/mol. The van der Waals surface area contributed by atoms with Crippen LogP contribution in [0.5, 0.6) is 0 Å². The van der Waals surface area contributed by atoms with Crippen molar-refractivity contribution >= 4 is 29.1 Å². The first-order valence-corrected chi connectivity index (χ1v) is 10.2. The lowest BCUT2D eigenvalue weighted by molar-refractivity contribution is -0.133. The highest BCUT2D eigenvalue weighted by molar-refractivity contribution is 6.09. The summed E-state index contributed by atoms with van der Waals surface area (Å²) in [7, 11) is 0. The van der Waals surface area contributed by atoms with Crippen molar-refractivity contribution in [1.29, 1.82) is 0 Å². The second kappa shape index (κ2) is 9.37. The molecule has 1 aromatic rings. The highest BCUT2D eigenvalue weighted by atomic mass is 16.5. The molecule has 29 heavy (non-hydrogen) atoms. The molecule has 158 valence electrons. The minimum atomic E-state index is -1.00. The van der Waals surface area contributed by atoms with Crippen LogP contribution in [0, 0.1) is 11.8 Å². The minimum absolute atomic E-state index is 0.0749. The molecule has 0 radical (unpaired) electrons. The van der Waals surface area contributed by atoms with E-state index >= 15 is 0 Å². The second-order valence-corrected chi connectivity index (χ2v) is 8.23. The first kappa shape index (κ1) is 21.3. The van der Waals surface area contributed by atoms with Crippen LogP contribution in [0.15, 0.2) is 24.3 Å². The number of nitrogens with one attached hydrogen (secondary N) is 1. The quantitative estimate of drug-likeness (QED) is 0.604. The van der Waals surface area contributed by atoms with Crippen molar-refractivity contribution in [2.24, 2.45) is 17.6 Å². The van der Waals surface area contributed by atoms with Crippen LogP contribution in [0.3, 0.4) is 0 Å². The summed E-state index contributed by atoms with van der Waals surface area (Å²) in [6.07, 6.45) is 2.26. The number of morpholine rings is 1. The molecule has 1 atom stereocenters. The highest BCUT2D eigenvalue weighted by Gasteiger charge is 2.35. The van der Waals surface area contributed by atoms with E-state index in [1.165, 1.54) is 0 Å². The van der Waals surface area contributed by atoms with E-state index in [4.69, 9.17) is 10.5 Å². The van der Waals surface area contributed by atoms with Gasteiger partial charge in [-0.15, -0.1) is 0 Å². The number of hydrogen-bond donors (Lipinski definition) is 2. The van der Waals surface area contributed by atoms with Crippen LogP contribution < -0.4 is 16.0 Å². The zero-order valence-corrected chi connectivity index (χ0v) is 17.1. The average molecular weight is 402 g/mol. The third-order valence-corrected chi connectivity index (χ3v) is 5.10. The van der Waals surface area contributed by atoms with Crippen LogP contribution in [-0.2, 0) is 19.1 Å². The molecule has 1 aromatic carbocycles. The second-order valence-electron chi connectivity index (χ2n) is 8.23. The normalized spacial score (nSPS) is 18.2. The molecule has 0 aromatic heterocycles. The van der Waals surface area contributed by atoms with E-state index in [1.807, 2.05) is 4.90 Å². The first-order valence-electron chi connectivity index (χ1n) is 10.2. The fourth-order valence-corrected chi connectivity index (χ4v) is 3.59. The molecule has 8 heteroatoms. The van der Waals surface area contributed by atoms with Crippen molar-refractivity contribution in [3.8, 4) is 0 Å². The molecule has 2 aliphatic rings. The molecule has 0 spiro atoms. The highest BCUT2D eigenvalue weighted by Crippen LogP contribution is 2.30. The number of nitrogens with two attached hydrogens (primary N) is 1.